The number of benzene rings is 2. The largest absolute Gasteiger partial charge is 0.493 e. The molecule has 0 atom stereocenters. The van der Waals surface area contributed by atoms with Crippen LogP contribution in [0.15, 0.2) is 41.3 Å². The minimum atomic E-state index is -0.292. The van der Waals surface area contributed by atoms with E-state index in [2.05, 4.69) is 22.6 Å². The molecule has 9 heteroatoms. The average Bonchev–Trinajstić information content (AvgIpc) is 3.01. The van der Waals surface area contributed by atoms with E-state index in [1.54, 1.807) is 26.4 Å². The molecule has 6 nitrogen and oxygen atoms in total. The summed E-state index contributed by atoms with van der Waals surface area (Å²) in [4.78, 5) is 26.4. The van der Waals surface area contributed by atoms with E-state index < -0.39 is 0 Å². The number of hydrogen-bond donors (Lipinski definition) is 0. The predicted octanol–water partition coefficient (Wildman–Crippen LogP) is 5.61. The van der Waals surface area contributed by atoms with E-state index in [-0.39, 0.29) is 11.1 Å². The monoisotopic (exact) mass is 573 g/mol. The van der Waals surface area contributed by atoms with E-state index in [1.807, 2.05) is 30.3 Å². The lowest BCUT2D eigenvalue weighted by molar-refractivity contribution is -0.122. The number of thioether (sulfide) groups is 1. The average molecular weight is 574 g/mol. The summed E-state index contributed by atoms with van der Waals surface area (Å²) in [7, 11) is 3.14. The van der Waals surface area contributed by atoms with Crippen molar-refractivity contribution in [2.75, 3.05) is 27.4 Å². The molecule has 1 heterocycles. The van der Waals surface area contributed by atoms with Crippen molar-refractivity contribution in [3.63, 3.8) is 0 Å². The van der Waals surface area contributed by atoms with Gasteiger partial charge in [-0.15, -0.1) is 0 Å². The summed E-state index contributed by atoms with van der Waals surface area (Å²) in [5, 5.41) is 0.364. The molecule has 0 radical (unpaired) electrons. The van der Waals surface area contributed by atoms with Gasteiger partial charge >= 0.3 is 0 Å². The van der Waals surface area contributed by atoms with Gasteiger partial charge in [0.05, 0.1) is 15.6 Å². The van der Waals surface area contributed by atoms with Crippen molar-refractivity contribution in [1.29, 1.82) is 0 Å². The van der Waals surface area contributed by atoms with Gasteiger partial charge < -0.3 is 14.2 Å². The molecule has 0 bridgehead atoms. The van der Waals surface area contributed by atoms with Gasteiger partial charge in [0.25, 0.3) is 11.1 Å². The second-order valence-electron chi connectivity index (χ2n) is 6.59. The Bertz CT molecular complexity index is 1010. The zero-order valence-electron chi connectivity index (χ0n) is 17.0. The highest BCUT2D eigenvalue weighted by Gasteiger charge is 2.34. The third kappa shape index (κ3) is 5.94. The Kier molecular flexibility index (Phi) is 8.65. The molecule has 0 aromatic heterocycles. The fraction of sp³-hybridized carbons (Fsp3) is 0.273. The molecular weight excluding hydrogens is 553 g/mol. The van der Waals surface area contributed by atoms with E-state index in [0.717, 1.165) is 26.5 Å². The molecule has 3 rings (SSSR count). The first-order valence-electron chi connectivity index (χ1n) is 9.42. The molecule has 1 aliphatic heterocycles. The molecule has 0 unspecified atom stereocenters. The molecule has 1 fully saturated rings. The third-order valence-electron chi connectivity index (χ3n) is 4.48. The van der Waals surface area contributed by atoms with Gasteiger partial charge in [-0.2, -0.15) is 0 Å². The van der Waals surface area contributed by atoms with E-state index >= 15 is 0 Å². The van der Waals surface area contributed by atoms with Crippen LogP contribution in [0.2, 0.25) is 5.02 Å². The maximum Gasteiger partial charge on any atom is 0.293 e. The van der Waals surface area contributed by atoms with Crippen LogP contribution in [0, 0.1) is 3.57 Å². The second-order valence-corrected chi connectivity index (χ2v) is 9.16. The third-order valence-corrected chi connectivity index (χ3v) is 6.56. The molecule has 164 valence electrons. The lowest BCUT2D eigenvalue weighted by Gasteiger charge is -2.14. The number of amides is 2. The Labute approximate surface area is 204 Å². The number of carbonyl (C=O) groups is 2. The van der Waals surface area contributed by atoms with Gasteiger partial charge in [0.2, 0.25) is 0 Å². The second kappa shape index (κ2) is 11.2. The van der Waals surface area contributed by atoms with Crippen molar-refractivity contribution in [3.8, 4) is 11.5 Å². The molecule has 1 aliphatic rings. The molecule has 2 aromatic carbocycles. The number of nitrogens with zero attached hydrogens (tertiary/aromatic N) is 1. The zero-order valence-corrected chi connectivity index (χ0v) is 20.8. The summed E-state index contributed by atoms with van der Waals surface area (Å²) in [5.41, 5.74) is 1.61. The van der Waals surface area contributed by atoms with Gasteiger partial charge in [-0.25, -0.2) is 0 Å². The van der Waals surface area contributed by atoms with E-state index in [1.165, 1.54) is 4.90 Å². The smallest absolute Gasteiger partial charge is 0.293 e. The molecule has 2 aromatic rings. The SMILES string of the molecule is COCCCN1C(=O)S/C(=C/c2cc(I)c(OCc3ccccc3Cl)c(OC)c2)C1=O. The van der Waals surface area contributed by atoms with Crippen molar-refractivity contribution in [1.82, 2.24) is 4.90 Å². The topological polar surface area (TPSA) is 65.1 Å². The number of methoxy groups -OCH3 is 2. The predicted molar refractivity (Wildman–Crippen MR) is 131 cm³/mol. The van der Waals surface area contributed by atoms with Crippen molar-refractivity contribution in [3.05, 3.63) is 61.0 Å². The summed E-state index contributed by atoms with van der Waals surface area (Å²) < 4.78 is 17.3. The first-order chi connectivity index (χ1) is 14.9. The maximum absolute atomic E-state index is 12.6. The molecule has 0 spiro atoms. The first-order valence-corrected chi connectivity index (χ1v) is 11.7. The standard InChI is InChI=1S/C22H21ClINO5S/c1-28-9-5-8-25-21(26)19(31-22(25)27)12-14-10-17(24)20(18(11-14)29-2)30-13-15-6-3-4-7-16(15)23/h3-4,6-7,10-12H,5,8-9,13H2,1-2H3/b19-12+. The summed E-state index contributed by atoms with van der Waals surface area (Å²) >= 11 is 9.30. The minimum Gasteiger partial charge on any atom is -0.493 e. The van der Waals surface area contributed by atoms with Crippen LogP contribution in [-0.4, -0.2) is 43.4 Å². The van der Waals surface area contributed by atoms with Crippen molar-refractivity contribution in [2.24, 2.45) is 0 Å². The van der Waals surface area contributed by atoms with E-state index in [4.69, 9.17) is 25.8 Å². The molecule has 0 aliphatic carbocycles. The van der Waals surface area contributed by atoms with Crippen LogP contribution in [0.3, 0.4) is 0 Å². The van der Waals surface area contributed by atoms with Crippen molar-refractivity contribution in [2.45, 2.75) is 13.0 Å². The van der Waals surface area contributed by atoms with Crippen molar-refractivity contribution < 1.29 is 23.8 Å². The Morgan fingerprint density at radius 3 is 2.68 bits per heavy atom. The molecule has 0 saturated carbocycles. The van der Waals surface area contributed by atoms with Gasteiger partial charge in [0, 0.05) is 30.8 Å². The number of ether oxygens (including phenoxy) is 3. The molecule has 31 heavy (non-hydrogen) atoms. The quantitative estimate of drug-likeness (QED) is 0.221. The van der Waals surface area contributed by atoms with E-state index in [9.17, 15) is 9.59 Å². The molecule has 1 saturated heterocycles. The van der Waals surface area contributed by atoms with E-state index in [0.29, 0.717) is 47.6 Å². The Balaban J connectivity index is 1.79. The highest BCUT2D eigenvalue weighted by molar-refractivity contribution is 14.1. The highest BCUT2D eigenvalue weighted by Crippen LogP contribution is 2.38. The Hall–Kier alpha value is -1.75. The van der Waals surface area contributed by atoms with Crippen LogP contribution in [0.25, 0.3) is 6.08 Å². The lowest BCUT2D eigenvalue weighted by atomic mass is 10.1. The van der Waals surface area contributed by atoms with Crippen LogP contribution in [0.1, 0.15) is 17.5 Å². The van der Waals surface area contributed by atoms with Crippen molar-refractivity contribution >= 4 is 63.2 Å². The molecular formula is C22H21ClINO5S. The first kappa shape index (κ1) is 23.9. The summed E-state index contributed by atoms with van der Waals surface area (Å²) in [6.07, 6.45) is 2.30. The van der Waals surface area contributed by atoms with Gasteiger partial charge in [-0.3, -0.25) is 14.5 Å². The maximum atomic E-state index is 12.6. The highest BCUT2D eigenvalue weighted by atomic mass is 127. The number of rotatable bonds is 9. The summed E-state index contributed by atoms with van der Waals surface area (Å²) in [6, 6.07) is 11.1. The lowest BCUT2D eigenvalue weighted by Crippen LogP contribution is -2.29. The normalized spacial score (nSPS) is 15.1. The van der Waals surface area contributed by atoms with Crippen LogP contribution < -0.4 is 9.47 Å². The summed E-state index contributed by atoms with van der Waals surface area (Å²) in [6.45, 7) is 1.13. The van der Waals surface area contributed by atoms with Gasteiger partial charge in [-0.05, 0) is 70.6 Å². The molecule has 0 N–H and O–H groups in total. The van der Waals surface area contributed by atoms with Crippen LogP contribution in [0.4, 0.5) is 4.79 Å². The molecule has 2 amide bonds. The zero-order chi connectivity index (χ0) is 22.4. The van der Waals surface area contributed by atoms with Crippen LogP contribution >= 0.6 is 46.0 Å². The number of imide groups is 1. The Morgan fingerprint density at radius 1 is 1.19 bits per heavy atom. The van der Waals surface area contributed by atoms with Crippen LogP contribution in [-0.2, 0) is 16.1 Å². The summed E-state index contributed by atoms with van der Waals surface area (Å²) in [5.74, 6) is 0.830. The van der Waals surface area contributed by atoms with Crippen LogP contribution in [0.5, 0.6) is 11.5 Å². The van der Waals surface area contributed by atoms with Gasteiger partial charge in [-0.1, -0.05) is 29.8 Å². The fourth-order valence-electron chi connectivity index (χ4n) is 2.94. The number of halogens is 2. The number of hydrogen-bond acceptors (Lipinski definition) is 6. The minimum absolute atomic E-state index is 0.270. The number of carbonyl (C=O) groups excluding carboxylic acids is 2. The fourth-order valence-corrected chi connectivity index (χ4v) is 4.78. The van der Waals surface area contributed by atoms with Gasteiger partial charge in [0.1, 0.15) is 6.61 Å². The Morgan fingerprint density at radius 2 is 1.97 bits per heavy atom. The van der Waals surface area contributed by atoms with Gasteiger partial charge in [0.15, 0.2) is 11.5 Å².